The molecule has 0 radical (unpaired) electrons. The van der Waals surface area contributed by atoms with Crippen LogP contribution in [0.4, 0.5) is 0 Å². The normalized spacial score (nSPS) is 15.5. The third kappa shape index (κ3) is 7.22. The quantitative estimate of drug-likeness (QED) is 0.548. The fourth-order valence-electron chi connectivity index (χ4n) is 3.95. The van der Waals surface area contributed by atoms with Crippen molar-refractivity contribution < 1.29 is 18.0 Å². The highest BCUT2D eigenvalue weighted by atomic mass is 32.2. The summed E-state index contributed by atoms with van der Waals surface area (Å²) >= 11 is 0. The number of amides is 1. The number of nitrogens with one attached hydrogen (secondary N) is 2. The monoisotopic (exact) mass is 471 g/mol. The Hall–Kier alpha value is -2.55. The third-order valence-electron chi connectivity index (χ3n) is 5.80. The van der Waals surface area contributed by atoms with Gasteiger partial charge in [0.1, 0.15) is 0 Å². The Balaban J connectivity index is 1.50. The van der Waals surface area contributed by atoms with Crippen LogP contribution in [-0.4, -0.2) is 50.7 Å². The number of hydrogen-bond donors (Lipinski definition) is 2. The largest absolute Gasteiger partial charge is 0.349 e. The van der Waals surface area contributed by atoms with Crippen molar-refractivity contribution in [3.05, 3.63) is 65.2 Å². The van der Waals surface area contributed by atoms with Gasteiger partial charge in [0.05, 0.1) is 4.90 Å². The number of sulfonamides is 1. The SMILES string of the molecule is CC(=O)c1ccc(S(=O)(=O)NCc2ccc(C(=O)NC3CCN(CC(C)C)CC3)cc2)cc1. The first kappa shape index (κ1) is 25.1. The standard InChI is InChI=1S/C25H33N3O4S/c1-18(2)17-28-14-12-23(13-15-28)27-25(30)22-6-4-20(5-7-22)16-26-33(31,32)24-10-8-21(9-11-24)19(3)29/h4-11,18,23,26H,12-17H2,1-3H3,(H,27,30). The van der Waals surface area contributed by atoms with Crippen LogP contribution in [0, 0.1) is 5.92 Å². The molecule has 8 heteroatoms. The van der Waals surface area contributed by atoms with Crippen molar-refractivity contribution in [3.8, 4) is 0 Å². The van der Waals surface area contributed by atoms with E-state index in [9.17, 15) is 18.0 Å². The second-order valence-electron chi connectivity index (χ2n) is 9.04. The highest BCUT2D eigenvalue weighted by Crippen LogP contribution is 2.14. The smallest absolute Gasteiger partial charge is 0.251 e. The zero-order valence-electron chi connectivity index (χ0n) is 19.5. The van der Waals surface area contributed by atoms with E-state index < -0.39 is 10.0 Å². The Morgan fingerprint density at radius 2 is 1.55 bits per heavy atom. The fourth-order valence-corrected chi connectivity index (χ4v) is 4.97. The molecule has 178 valence electrons. The van der Waals surface area contributed by atoms with E-state index in [-0.39, 0.29) is 29.2 Å². The summed E-state index contributed by atoms with van der Waals surface area (Å²) < 4.78 is 27.6. The van der Waals surface area contributed by atoms with Crippen molar-refractivity contribution in [1.82, 2.24) is 14.9 Å². The molecule has 2 aromatic rings. The number of nitrogens with zero attached hydrogens (tertiary/aromatic N) is 1. The predicted octanol–water partition coefficient (Wildman–Crippen LogP) is 3.22. The molecule has 0 saturated carbocycles. The summed E-state index contributed by atoms with van der Waals surface area (Å²) in [4.78, 5) is 26.5. The van der Waals surface area contributed by atoms with E-state index in [4.69, 9.17) is 0 Å². The Morgan fingerprint density at radius 1 is 0.970 bits per heavy atom. The maximum absolute atomic E-state index is 12.6. The second-order valence-corrected chi connectivity index (χ2v) is 10.8. The minimum Gasteiger partial charge on any atom is -0.349 e. The van der Waals surface area contributed by atoms with E-state index in [0.717, 1.165) is 38.0 Å². The number of carbonyl (C=O) groups is 2. The molecule has 0 aromatic heterocycles. The Bertz CT molecular complexity index is 1060. The number of carbonyl (C=O) groups excluding carboxylic acids is 2. The summed E-state index contributed by atoms with van der Waals surface area (Å²) in [7, 11) is -3.70. The van der Waals surface area contributed by atoms with Gasteiger partial charge in [0.25, 0.3) is 5.91 Å². The van der Waals surface area contributed by atoms with Crippen molar-refractivity contribution in [2.24, 2.45) is 5.92 Å². The summed E-state index contributed by atoms with van der Waals surface area (Å²) in [5.74, 6) is 0.425. The molecule has 2 aromatic carbocycles. The third-order valence-corrected chi connectivity index (χ3v) is 7.22. The van der Waals surface area contributed by atoms with Gasteiger partial charge in [-0.2, -0.15) is 0 Å². The van der Waals surface area contributed by atoms with Gasteiger partial charge in [0, 0.05) is 43.3 Å². The van der Waals surface area contributed by atoms with Crippen molar-refractivity contribution in [2.75, 3.05) is 19.6 Å². The van der Waals surface area contributed by atoms with Gasteiger partial charge >= 0.3 is 0 Å². The van der Waals surface area contributed by atoms with Crippen LogP contribution in [0.15, 0.2) is 53.4 Å². The number of rotatable bonds is 9. The molecule has 0 atom stereocenters. The van der Waals surface area contributed by atoms with Crippen molar-refractivity contribution >= 4 is 21.7 Å². The number of hydrogen-bond acceptors (Lipinski definition) is 5. The molecule has 1 amide bonds. The van der Waals surface area contributed by atoms with Crippen molar-refractivity contribution in [3.63, 3.8) is 0 Å². The van der Waals surface area contributed by atoms with Gasteiger partial charge in [0.15, 0.2) is 5.78 Å². The van der Waals surface area contributed by atoms with E-state index in [1.807, 2.05) is 0 Å². The molecular formula is C25H33N3O4S. The predicted molar refractivity (Wildman–Crippen MR) is 129 cm³/mol. The Morgan fingerprint density at radius 3 is 2.09 bits per heavy atom. The first-order valence-electron chi connectivity index (χ1n) is 11.4. The van der Waals surface area contributed by atoms with Gasteiger partial charge in [0.2, 0.25) is 10.0 Å². The summed E-state index contributed by atoms with van der Waals surface area (Å²) in [6.07, 6.45) is 1.90. The molecule has 33 heavy (non-hydrogen) atoms. The lowest BCUT2D eigenvalue weighted by Crippen LogP contribution is -2.45. The van der Waals surface area contributed by atoms with E-state index in [1.54, 1.807) is 24.3 Å². The number of likely N-dealkylation sites (tertiary alicyclic amines) is 1. The first-order valence-corrected chi connectivity index (χ1v) is 12.8. The zero-order valence-corrected chi connectivity index (χ0v) is 20.3. The molecule has 0 aliphatic carbocycles. The molecule has 1 saturated heterocycles. The molecule has 0 spiro atoms. The molecule has 0 unspecified atom stereocenters. The first-order chi connectivity index (χ1) is 15.6. The molecule has 3 rings (SSSR count). The maximum atomic E-state index is 12.6. The van der Waals surface area contributed by atoms with Crippen molar-refractivity contribution in [2.45, 2.75) is 51.1 Å². The lowest BCUT2D eigenvalue weighted by Gasteiger charge is -2.33. The summed E-state index contributed by atoms with van der Waals surface area (Å²) in [5.41, 5.74) is 1.77. The average molecular weight is 472 g/mol. The van der Waals surface area contributed by atoms with Gasteiger partial charge in [-0.05, 0) is 55.5 Å². The zero-order chi connectivity index (χ0) is 24.0. The fraction of sp³-hybridized carbons (Fsp3) is 0.440. The van der Waals surface area contributed by atoms with Crippen LogP contribution in [0.3, 0.4) is 0 Å². The molecule has 1 aliphatic rings. The van der Waals surface area contributed by atoms with Crippen LogP contribution >= 0.6 is 0 Å². The van der Waals surface area contributed by atoms with Crippen LogP contribution in [0.25, 0.3) is 0 Å². The molecule has 1 fully saturated rings. The summed E-state index contributed by atoms with van der Waals surface area (Å²) in [5, 5.41) is 3.12. The second kappa shape index (κ2) is 11.0. The van der Waals surface area contributed by atoms with Crippen LogP contribution in [-0.2, 0) is 16.6 Å². The summed E-state index contributed by atoms with van der Waals surface area (Å²) in [6.45, 7) is 9.06. The van der Waals surface area contributed by atoms with Gasteiger partial charge in [-0.15, -0.1) is 0 Å². The minimum atomic E-state index is -3.70. The number of benzene rings is 2. The minimum absolute atomic E-state index is 0.0999. The van der Waals surface area contributed by atoms with Crippen LogP contribution < -0.4 is 10.0 Å². The highest BCUT2D eigenvalue weighted by Gasteiger charge is 2.21. The van der Waals surface area contributed by atoms with E-state index in [2.05, 4.69) is 28.8 Å². The molecular weight excluding hydrogens is 438 g/mol. The van der Waals surface area contributed by atoms with Crippen LogP contribution in [0.2, 0.25) is 0 Å². The maximum Gasteiger partial charge on any atom is 0.251 e. The highest BCUT2D eigenvalue weighted by molar-refractivity contribution is 7.89. The number of Topliss-reactive ketones (excluding diaryl/α,β-unsaturated/α-hetero) is 1. The van der Waals surface area contributed by atoms with Crippen LogP contribution in [0.1, 0.15) is 59.9 Å². The topological polar surface area (TPSA) is 95.6 Å². The Kier molecular flexibility index (Phi) is 8.40. The molecule has 7 nitrogen and oxygen atoms in total. The van der Waals surface area contributed by atoms with Gasteiger partial charge in [-0.1, -0.05) is 38.1 Å². The van der Waals surface area contributed by atoms with Gasteiger partial charge in [-0.25, -0.2) is 13.1 Å². The lowest BCUT2D eigenvalue weighted by molar-refractivity contribution is 0.0906. The number of ketones is 1. The summed E-state index contributed by atoms with van der Waals surface area (Å²) in [6, 6.07) is 12.9. The molecule has 0 bridgehead atoms. The van der Waals surface area contributed by atoms with Crippen molar-refractivity contribution in [1.29, 1.82) is 0 Å². The Labute approximate surface area is 196 Å². The average Bonchev–Trinajstić information content (AvgIpc) is 2.79. The van der Waals surface area contributed by atoms with E-state index in [0.29, 0.717) is 17.0 Å². The molecule has 1 heterocycles. The van der Waals surface area contributed by atoms with Crippen LogP contribution in [0.5, 0.6) is 0 Å². The lowest BCUT2D eigenvalue weighted by atomic mass is 10.0. The van der Waals surface area contributed by atoms with Gasteiger partial charge < -0.3 is 10.2 Å². The molecule has 1 aliphatic heterocycles. The molecule has 2 N–H and O–H groups in total. The van der Waals surface area contributed by atoms with E-state index in [1.165, 1.54) is 31.2 Å². The van der Waals surface area contributed by atoms with E-state index >= 15 is 0 Å². The number of piperidine rings is 1. The van der Waals surface area contributed by atoms with Gasteiger partial charge in [-0.3, -0.25) is 9.59 Å².